The van der Waals surface area contributed by atoms with Crippen LogP contribution >= 0.6 is 0 Å². The van der Waals surface area contributed by atoms with Crippen molar-refractivity contribution in [3.8, 4) is 0 Å². The van der Waals surface area contributed by atoms with Gasteiger partial charge in [0.05, 0.1) is 4.90 Å². The standard InChI is InChI=1S/C15H25FN2O2S/c1-6-7-18(5)21(19,20)14-8-12(4)15(16)13(9-14)10-17-11(2)3/h8-9,11,17H,6-7,10H2,1-5H3. The molecule has 0 unspecified atom stereocenters. The Morgan fingerprint density at radius 2 is 1.95 bits per heavy atom. The second kappa shape index (κ2) is 7.33. The van der Waals surface area contributed by atoms with E-state index in [4.69, 9.17) is 0 Å². The average Bonchev–Trinajstić information content (AvgIpc) is 2.40. The molecule has 120 valence electrons. The zero-order chi connectivity index (χ0) is 16.2. The number of sulfonamides is 1. The highest BCUT2D eigenvalue weighted by Gasteiger charge is 2.22. The number of hydrogen-bond acceptors (Lipinski definition) is 3. The first-order valence-corrected chi connectivity index (χ1v) is 8.62. The highest BCUT2D eigenvalue weighted by molar-refractivity contribution is 7.89. The maximum absolute atomic E-state index is 14.1. The second-order valence-electron chi connectivity index (χ2n) is 5.58. The first-order valence-electron chi connectivity index (χ1n) is 7.18. The van der Waals surface area contributed by atoms with Crippen molar-refractivity contribution in [2.75, 3.05) is 13.6 Å². The Kier molecular flexibility index (Phi) is 6.31. The van der Waals surface area contributed by atoms with Gasteiger partial charge in [0.15, 0.2) is 0 Å². The van der Waals surface area contributed by atoms with Crippen LogP contribution in [0, 0.1) is 12.7 Å². The van der Waals surface area contributed by atoms with E-state index in [9.17, 15) is 12.8 Å². The van der Waals surface area contributed by atoms with Gasteiger partial charge in [0.25, 0.3) is 0 Å². The third-order valence-corrected chi connectivity index (χ3v) is 5.09. The maximum atomic E-state index is 14.1. The normalized spacial score (nSPS) is 12.4. The molecule has 1 aromatic carbocycles. The fraction of sp³-hybridized carbons (Fsp3) is 0.600. The summed E-state index contributed by atoms with van der Waals surface area (Å²) in [4.78, 5) is 0.151. The summed E-state index contributed by atoms with van der Waals surface area (Å²) >= 11 is 0. The molecule has 0 heterocycles. The molecule has 0 spiro atoms. The van der Waals surface area contributed by atoms with Crippen LogP contribution in [0.4, 0.5) is 4.39 Å². The van der Waals surface area contributed by atoms with Crippen molar-refractivity contribution in [2.45, 2.75) is 51.6 Å². The molecule has 0 aliphatic carbocycles. The summed E-state index contributed by atoms with van der Waals surface area (Å²) in [5.41, 5.74) is 0.730. The Labute approximate surface area is 127 Å². The van der Waals surface area contributed by atoms with Gasteiger partial charge in [0, 0.05) is 31.7 Å². The lowest BCUT2D eigenvalue weighted by Crippen LogP contribution is -2.28. The molecule has 0 saturated carbocycles. The van der Waals surface area contributed by atoms with Crippen LogP contribution in [0.5, 0.6) is 0 Å². The fourth-order valence-electron chi connectivity index (χ4n) is 2.01. The zero-order valence-electron chi connectivity index (χ0n) is 13.4. The first kappa shape index (κ1) is 18.1. The Hall–Kier alpha value is -0.980. The smallest absolute Gasteiger partial charge is 0.242 e. The van der Waals surface area contributed by atoms with E-state index >= 15 is 0 Å². The molecule has 1 N–H and O–H groups in total. The van der Waals surface area contributed by atoms with Gasteiger partial charge < -0.3 is 5.32 Å². The van der Waals surface area contributed by atoms with Gasteiger partial charge >= 0.3 is 0 Å². The number of nitrogens with zero attached hydrogens (tertiary/aromatic N) is 1. The first-order chi connectivity index (χ1) is 9.70. The minimum atomic E-state index is -3.56. The highest BCUT2D eigenvalue weighted by atomic mass is 32.2. The molecule has 0 aromatic heterocycles. The van der Waals surface area contributed by atoms with Crippen LogP contribution in [-0.4, -0.2) is 32.4 Å². The van der Waals surface area contributed by atoms with Crippen LogP contribution in [0.2, 0.25) is 0 Å². The van der Waals surface area contributed by atoms with Crippen LogP contribution in [0.25, 0.3) is 0 Å². The maximum Gasteiger partial charge on any atom is 0.242 e. The largest absolute Gasteiger partial charge is 0.310 e. The molecule has 0 amide bonds. The van der Waals surface area contributed by atoms with Gasteiger partial charge in [0.2, 0.25) is 10.0 Å². The minimum Gasteiger partial charge on any atom is -0.310 e. The van der Waals surface area contributed by atoms with Crippen LogP contribution < -0.4 is 5.32 Å². The van der Waals surface area contributed by atoms with E-state index < -0.39 is 10.0 Å². The summed E-state index contributed by atoms with van der Waals surface area (Å²) < 4.78 is 40.3. The molecular weight excluding hydrogens is 291 g/mol. The van der Waals surface area contributed by atoms with Gasteiger partial charge in [-0.05, 0) is 31.0 Å². The van der Waals surface area contributed by atoms with Crippen molar-refractivity contribution in [1.29, 1.82) is 0 Å². The monoisotopic (exact) mass is 316 g/mol. The number of aryl methyl sites for hydroxylation is 1. The van der Waals surface area contributed by atoms with Gasteiger partial charge in [-0.3, -0.25) is 0 Å². The molecule has 1 aromatic rings. The van der Waals surface area contributed by atoms with Crippen molar-refractivity contribution >= 4 is 10.0 Å². The van der Waals surface area contributed by atoms with E-state index in [1.165, 1.54) is 16.4 Å². The molecule has 0 radical (unpaired) electrons. The van der Waals surface area contributed by atoms with E-state index in [2.05, 4.69) is 5.32 Å². The summed E-state index contributed by atoms with van der Waals surface area (Å²) in [6, 6.07) is 3.03. The van der Waals surface area contributed by atoms with Crippen molar-refractivity contribution in [2.24, 2.45) is 0 Å². The van der Waals surface area contributed by atoms with E-state index in [0.29, 0.717) is 24.2 Å². The number of nitrogens with one attached hydrogen (secondary N) is 1. The Balaban J connectivity index is 3.20. The highest BCUT2D eigenvalue weighted by Crippen LogP contribution is 2.22. The third kappa shape index (κ3) is 4.49. The molecule has 0 saturated heterocycles. The van der Waals surface area contributed by atoms with Gasteiger partial charge in [-0.1, -0.05) is 20.8 Å². The lowest BCUT2D eigenvalue weighted by molar-refractivity contribution is 0.467. The lowest BCUT2D eigenvalue weighted by Gasteiger charge is -2.18. The summed E-state index contributed by atoms with van der Waals surface area (Å²) in [6.07, 6.45) is 0.734. The quantitative estimate of drug-likeness (QED) is 0.841. The van der Waals surface area contributed by atoms with Crippen LogP contribution in [0.3, 0.4) is 0 Å². The predicted molar refractivity (Wildman–Crippen MR) is 83.2 cm³/mol. The molecule has 6 heteroatoms. The molecule has 0 atom stereocenters. The SMILES string of the molecule is CCCN(C)S(=O)(=O)c1cc(C)c(F)c(CNC(C)C)c1. The van der Waals surface area contributed by atoms with Crippen molar-refractivity contribution in [3.63, 3.8) is 0 Å². The summed E-state index contributed by atoms with van der Waals surface area (Å²) in [5, 5.41) is 3.11. The van der Waals surface area contributed by atoms with E-state index in [1.54, 1.807) is 14.0 Å². The van der Waals surface area contributed by atoms with E-state index in [-0.39, 0.29) is 16.8 Å². The molecule has 21 heavy (non-hydrogen) atoms. The summed E-state index contributed by atoms with van der Waals surface area (Å²) in [7, 11) is -2.02. The number of rotatable bonds is 7. The second-order valence-corrected chi connectivity index (χ2v) is 7.62. The van der Waals surface area contributed by atoms with Gasteiger partial charge in [-0.15, -0.1) is 0 Å². The zero-order valence-corrected chi connectivity index (χ0v) is 14.2. The molecule has 0 fully saturated rings. The van der Waals surface area contributed by atoms with Gasteiger partial charge in [-0.2, -0.15) is 0 Å². The molecule has 0 bridgehead atoms. The Morgan fingerprint density at radius 3 is 2.48 bits per heavy atom. The van der Waals surface area contributed by atoms with Crippen LogP contribution in [-0.2, 0) is 16.6 Å². The van der Waals surface area contributed by atoms with Crippen molar-refractivity contribution in [1.82, 2.24) is 9.62 Å². The molecule has 0 aliphatic heterocycles. The Morgan fingerprint density at radius 1 is 1.33 bits per heavy atom. The number of benzene rings is 1. The van der Waals surface area contributed by atoms with Gasteiger partial charge in [-0.25, -0.2) is 17.1 Å². The van der Waals surface area contributed by atoms with Gasteiger partial charge in [0.1, 0.15) is 5.82 Å². The predicted octanol–water partition coefficient (Wildman–Crippen LogP) is 2.66. The Bertz CT molecular complexity index is 586. The van der Waals surface area contributed by atoms with Crippen LogP contribution in [0.15, 0.2) is 17.0 Å². The number of hydrogen-bond donors (Lipinski definition) is 1. The third-order valence-electron chi connectivity index (χ3n) is 3.25. The summed E-state index contributed by atoms with van der Waals surface area (Å²) in [5.74, 6) is -0.347. The fourth-order valence-corrected chi connectivity index (χ4v) is 3.41. The molecule has 0 aliphatic rings. The molecule has 1 rings (SSSR count). The number of halogens is 1. The summed E-state index contributed by atoms with van der Waals surface area (Å²) in [6.45, 7) is 8.18. The van der Waals surface area contributed by atoms with E-state index in [1.807, 2.05) is 20.8 Å². The minimum absolute atomic E-state index is 0.151. The average molecular weight is 316 g/mol. The van der Waals surface area contributed by atoms with Crippen LogP contribution in [0.1, 0.15) is 38.3 Å². The molecule has 4 nitrogen and oxygen atoms in total. The molecular formula is C15H25FN2O2S. The van der Waals surface area contributed by atoms with E-state index in [0.717, 1.165) is 6.42 Å². The topological polar surface area (TPSA) is 49.4 Å². The van der Waals surface area contributed by atoms with Crippen molar-refractivity contribution in [3.05, 3.63) is 29.1 Å². The lowest BCUT2D eigenvalue weighted by atomic mass is 10.1. The van der Waals surface area contributed by atoms with Crippen molar-refractivity contribution < 1.29 is 12.8 Å².